The molecular weight excluding hydrogens is 336 g/mol. The van der Waals surface area contributed by atoms with E-state index in [-0.39, 0.29) is 6.17 Å². The molecule has 2 fully saturated rings. The number of anilines is 1. The number of ether oxygens (including phenoxy) is 1. The van der Waals surface area contributed by atoms with Crippen LogP contribution in [0.4, 0.5) is 11.4 Å². The first-order valence-corrected chi connectivity index (χ1v) is 10.1. The first-order chi connectivity index (χ1) is 13.2. The SMILES string of the molecule is CC1N[N+](C)(c2ccccc2)C2Nc3ccccc3C(N3CCOCC3)C12. The van der Waals surface area contributed by atoms with Crippen LogP contribution in [-0.2, 0) is 4.74 Å². The topological polar surface area (TPSA) is 36.5 Å². The van der Waals surface area contributed by atoms with Gasteiger partial charge in [0.25, 0.3) is 0 Å². The highest BCUT2D eigenvalue weighted by atomic mass is 16.5. The number of nitrogens with zero attached hydrogens (tertiary/aromatic N) is 2. The predicted octanol–water partition coefficient (Wildman–Crippen LogP) is 2.97. The zero-order chi connectivity index (χ0) is 18.4. The Bertz CT molecular complexity index is 807. The summed E-state index contributed by atoms with van der Waals surface area (Å²) in [4.78, 5) is 2.64. The van der Waals surface area contributed by atoms with E-state index in [9.17, 15) is 0 Å². The lowest BCUT2D eigenvalue weighted by atomic mass is 9.81. The van der Waals surface area contributed by atoms with E-state index in [1.165, 1.54) is 16.9 Å². The van der Waals surface area contributed by atoms with Gasteiger partial charge in [-0.3, -0.25) is 4.90 Å². The summed E-state index contributed by atoms with van der Waals surface area (Å²) in [6, 6.07) is 20.5. The molecule has 2 aromatic carbocycles. The number of hydrogen-bond donors (Lipinski definition) is 2. The molecule has 5 atom stereocenters. The Morgan fingerprint density at radius 2 is 1.70 bits per heavy atom. The minimum atomic E-state index is 0.283. The smallest absolute Gasteiger partial charge is 0.191 e. The summed E-state index contributed by atoms with van der Waals surface area (Å²) in [5, 5.41) is 3.90. The first-order valence-electron chi connectivity index (χ1n) is 10.1. The van der Waals surface area contributed by atoms with Crippen LogP contribution in [0.3, 0.4) is 0 Å². The van der Waals surface area contributed by atoms with Crippen molar-refractivity contribution in [3.8, 4) is 0 Å². The Balaban J connectivity index is 1.61. The van der Waals surface area contributed by atoms with Gasteiger partial charge >= 0.3 is 0 Å². The number of fused-ring (bicyclic) bond motifs is 2. The molecule has 3 aliphatic rings. The van der Waals surface area contributed by atoms with Crippen LogP contribution in [0, 0.1) is 5.92 Å². The molecule has 5 unspecified atom stereocenters. The fourth-order valence-corrected chi connectivity index (χ4v) is 5.40. The van der Waals surface area contributed by atoms with Crippen molar-refractivity contribution < 1.29 is 4.74 Å². The molecule has 2 saturated heterocycles. The van der Waals surface area contributed by atoms with E-state index in [0.29, 0.717) is 22.6 Å². The average Bonchev–Trinajstić information content (AvgIpc) is 2.99. The molecule has 5 nitrogen and oxygen atoms in total. The Labute approximate surface area is 161 Å². The number of nitrogens with one attached hydrogen (secondary N) is 2. The molecule has 27 heavy (non-hydrogen) atoms. The molecule has 5 rings (SSSR count). The van der Waals surface area contributed by atoms with E-state index in [2.05, 4.69) is 84.2 Å². The molecule has 0 spiro atoms. The number of benzene rings is 2. The van der Waals surface area contributed by atoms with E-state index in [1.54, 1.807) is 0 Å². The summed E-state index contributed by atoms with van der Waals surface area (Å²) in [7, 11) is 2.30. The molecule has 2 aromatic rings. The van der Waals surface area contributed by atoms with Gasteiger partial charge in [0, 0.05) is 37.0 Å². The zero-order valence-electron chi connectivity index (χ0n) is 16.1. The maximum absolute atomic E-state index is 5.65. The zero-order valence-corrected chi connectivity index (χ0v) is 16.1. The van der Waals surface area contributed by atoms with Crippen molar-refractivity contribution >= 4 is 11.4 Å². The van der Waals surface area contributed by atoms with Gasteiger partial charge in [-0.15, -0.1) is 0 Å². The molecule has 0 amide bonds. The number of rotatable bonds is 2. The lowest BCUT2D eigenvalue weighted by molar-refractivity contribution is -0.00368. The molecule has 0 saturated carbocycles. The highest BCUT2D eigenvalue weighted by Crippen LogP contribution is 2.48. The third-order valence-electron chi connectivity index (χ3n) is 6.65. The van der Waals surface area contributed by atoms with Gasteiger partial charge in [0.05, 0.1) is 32.2 Å². The van der Waals surface area contributed by atoms with Crippen LogP contribution in [0.5, 0.6) is 0 Å². The monoisotopic (exact) mass is 365 g/mol. The van der Waals surface area contributed by atoms with E-state index < -0.39 is 0 Å². The molecule has 0 aromatic heterocycles. The summed E-state index contributed by atoms with van der Waals surface area (Å²) in [5.41, 5.74) is 7.90. The molecular formula is C22H29N4O+. The van der Waals surface area contributed by atoms with Crippen molar-refractivity contribution in [2.45, 2.75) is 25.2 Å². The second-order valence-electron chi connectivity index (χ2n) is 8.18. The Morgan fingerprint density at radius 3 is 2.48 bits per heavy atom. The van der Waals surface area contributed by atoms with Gasteiger partial charge in [0.1, 0.15) is 0 Å². The Hall–Kier alpha value is -1.92. The van der Waals surface area contributed by atoms with Gasteiger partial charge in [-0.25, -0.2) is 0 Å². The summed E-state index contributed by atoms with van der Waals surface area (Å²) in [6.07, 6.45) is 0.283. The van der Waals surface area contributed by atoms with Crippen molar-refractivity contribution in [1.29, 1.82) is 0 Å². The Morgan fingerprint density at radius 1 is 1.00 bits per heavy atom. The quantitative estimate of drug-likeness (QED) is 0.803. The van der Waals surface area contributed by atoms with E-state index >= 15 is 0 Å². The van der Waals surface area contributed by atoms with Crippen LogP contribution in [0.1, 0.15) is 18.5 Å². The standard InChI is InChI=1S/C22H29N4O/c1-16-20-21(25-12-14-27-15-13-25)18-10-6-7-11-19(18)23-22(20)26(2,24-16)17-8-4-3-5-9-17/h3-11,16,20-24H,12-15H2,1-2H3/q+1. The number of hydrogen-bond acceptors (Lipinski definition) is 4. The maximum atomic E-state index is 5.65. The number of para-hydroxylation sites is 2. The molecule has 0 bridgehead atoms. The summed E-state index contributed by atoms with van der Waals surface area (Å²) < 4.78 is 6.36. The lowest BCUT2D eigenvalue weighted by Gasteiger charge is -2.46. The van der Waals surface area contributed by atoms with Crippen LogP contribution >= 0.6 is 0 Å². The van der Waals surface area contributed by atoms with Gasteiger partial charge in [-0.2, -0.15) is 10.0 Å². The van der Waals surface area contributed by atoms with Crippen molar-refractivity contribution in [2.75, 3.05) is 38.7 Å². The van der Waals surface area contributed by atoms with E-state index in [1.807, 2.05) is 0 Å². The van der Waals surface area contributed by atoms with Crippen LogP contribution in [0.15, 0.2) is 54.6 Å². The van der Waals surface area contributed by atoms with E-state index in [4.69, 9.17) is 4.74 Å². The van der Waals surface area contributed by atoms with Gasteiger partial charge in [-0.1, -0.05) is 36.4 Å². The van der Waals surface area contributed by atoms with Crippen LogP contribution in [0.25, 0.3) is 0 Å². The van der Waals surface area contributed by atoms with Gasteiger partial charge < -0.3 is 10.1 Å². The first kappa shape index (κ1) is 17.2. The second-order valence-corrected chi connectivity index (χ2v) is 8.18. The van der Waals surface area contributed by atoms with Gasteiger partial charge in [0.15, 0.2) is 11.9 Å². The maximum Gasteiger partial charge on any atom is 0.191 e. The van der Waals surface area contributed by atoms with Crippen molar-refractivity contribution in [3.05, 3.63) is 60.2 Å². The highest BCUT2D eigenvalue weighted by Gasteiger charge is 2.58. The minimum absolute atomic E-state index is 0.283. The largest absolute Gasteiger partial charge is 0.379 e. The fourth-order valence-electron chi connectivity index (χ4n) is 5.40. The minimum Gasteiger partial charge on any atom is -0.379 e. The van der Waals surface area contributed by atoms with Gasteiger partial charge in [-0.05, 0) is 18.6 Å². The van der Waals surface area contributed by atoms with E-state index in [0.717, 1.165) is 26.3 Å². The Kier molecular flexibility index (Phi) is 4.20. The molecule has 0 radical (unpaired) electrons. The lowest BCUT2D eigenvalue weighted by Crippen LogP contribution is -2.62. The van der Waals surface area contributed by atoms with Crippen molar-refractivity contribution in [3.63, 3.8) is 0 Å². The molecule has 3 heterocycles. The highest BCUT2D eigenvalue weighted by molar-refractivity contribution is 5.59. The second kappa shape index (κ2) is 6.60. The third-order valence-corrected chi connectivity index (χ3v) is 6.65. The predicted molar refractivity (Wildman–Crippen MR) is 109 cm³/mol. The van der Waals surface area contributed by atoms with Crippen LogP contribution < -0.4 is 15.3 Å². The third kappa shape index (κ3) is 2.69. The summed E-state index contributed by atoms with van der Waals surface area (Å²) in [5.74, 6) is 0.475. The summed E-state index contributed by atoms with van der Waals surface area (Å²) in [6.45, 7) is 6.01. The fraction of sp³-hybridized carbons (Fsp3) is 0.455. The van der Waals surface area contributed by atoms with Crippen LogP contribution in [0.2, 0.25) is 0 Å². The molecule has 5 heteroatoms. The number of morpholine rings is 1. The summed E-state index contributed by atoms with van der Waals surface area (Å²) >= 11 is 0. The molecule has 3 aliphatic heterocycles. The van der Waals surface area contributed by atoms with Gasteiger partial charge in [0.2, 0.25) is 0 Å². The van der Waals surface area contributed by atoms with Crippen molar-refractivity contribution in [2.24, 2.45) is 5.92 Å². The average molecular weight is 366 g/mol. The number of quaternary nitrogens is 1. The van der Waals surface area contributed by atoms with Crippen LogP contribution in [-0.4, -0.2) is 50.5 Å². The molecule has 0 aliphatic carbocycles. The molecule has 142 valence electrons. The van der Waals surface area contributed by atoms with Crippen molar-refractivity contribution in [1.82, 2.24) is 14.9 Å². The molecule has 2 N–H and O–H groups in total. The normalized spacial score (nSPS) is 35.9.